The zero-order valence-electron chi connectivity index (χ0n) is 9.82. The van der Waals surface area contributed by atoms with Gasteiger partial charge in [-0.2, -0.15) is 48.3 Å². The molecule has 0 aromatic carbocycles. The van der Waals surface area contributed by atoms with Gasteiger partial charge in [-0.05, 0) is 0 Å². The third-order valence-corrected chi connectivity index (χ3v) is 3.13. The van der Waals surface area contributed by atoms with E-state index in [-0.39, 0.29) is 0 Å². The van der Waals surface area contributed by atoms with Crippen molar-refractivity contribution >= 4 is 7.60 Å². The minimum absolute atomic E-state index is 2.14. The van der Waals surface area contributed by atoms with Gasteiger partial charge in [0.2, 0.25) is 0 Å². The van der Waals surface area contributed by atoms with Crippen molar-refractivity contribution in [2.45, 2.75) is 36.3 Å². The normalized spacial score (nSPS) is 16.0. The van der Waals surface area contributed by atoms with Gasteiger partial charge in [0.25, 0.3) is 0 Å². The standard InChI is InChI=1S/C7H6F11O3P/c8-3(9,1-2-22(19,20)21)4(10,11)5(12,13)6(14,15)7(16,17)18/h1-2H2,(H2,19,20,21). The number of alkyl halides is 11. The molecule has 0 aliphatic heterocycles. The van der Waals surface area contributed by atoms with Crippen molar-refractivity contribution in [3.05, 3.63) is 0 Å². The van der Waals surface area contributed by atoms with Crippen LogP contribution >= 0.6 is 7.60 Å². The van der Waals surface area contributed by atoms with E-state index in [9.17, 15) is 52.9 Å². The SMILES string of the molecule is O=P(O)(O)CCC(F)(F)C(F)(F)C(F)(F)C(F)(F)C(F)(F)F. The summed E-state index contributed by atoms with van der Waals surface area (Å²) in [4.78, 5) is 16.3. The molecule has 0 aromatic rings. The van der Waals surface area contributed by atoms with Crippen molar-refractivity contribution < 1.29 is 62.6 Å². The molecule has 0 rings (SSSR count). The predicted molar refractivity (Wildman–Crippen MR) is 47.4 cm³/mol. The first-order chi connectivity index (χ1) is 9.21. The van der Waals surface area contributed by atoms with Crippen molar-refractivity contribution in [2.75, 3.05) is 6.16 Å². The van der Waals surface area contributed by atoms with Gasteiger partial charge in [0.15, 0.2) is 0 Å². The first-order valence-corrected chi connectivity index (χ1v) is 6.63. The quantitative estimate of drug-likeness (QED) is 0.548. The molecule has 0 unspecified atom stereocenters. The summed E-state index contributed by atoms with van der Waals surface area (Å²) in [5.74, 6) is -28.5. The van der Waals surface area contributed by atoms with E-state index in [1.54, 1.807) is 0 Å². The highest BCUT2D eigenvalue weighted by molar-refractivity contribution is 7.51. The maximum atomic E-state index is 12.9. The Morgan fingerprint density at radius 2 is 1.05 bits per heavy atom. The monoisotopic (exact) mass is 378 g/mol. The molecule has 0 saturated carbocycles. The second-order valence-electron chi connectivity index (χ2n) is 4.06. The van der Waals surface area contributed by atoms with Crippen LogP contribution in [0.1, 0.15) is 6.42 Å². The molecule has 0 bridgehead atoms. The summed E-state index contributed by atoms with van der Waals surface area (Å²) in [5, 5.41) is 0. The van der Waals surface area contributed by atoms with Crippen LogP contribution in [0.5, 0.6) is 0 Å². The maximum Gasteiger partial charge on any atom is 0.460 e. The molecule has 22 heavy (non-hydrogen) atoms. The Hall–Kier alpha value is -0.620. The zero-order chi connectivity index (χ0) is 18.4. The summed E-state index contributed by atoms with van der Waals surface area (Å²) >= 11 is 0. The molecule has 15 heteroatoms. The van der Waals surface area contributed by atoms with Crippen molar-refractivity contribution in [3.63, 3.8) is 0 Å². The lowest BCUT2D eigenvalue weighted by Gasteiger charge is -2.37. The lowest BCUT2D eigenvalue weighted by atomic mass is 9.96. The van der Waals surface area contributed by atoms with Crippen LogP contribution in [0.4, 0.5) is 48.3 Å². The first-order valence-electron chi connectivity index (χ1n) is 4.83. The van der Waals surface area contributed by atoms with Crippen LogP contribution < -0.4 is 0 Å². The third kappa shape index (κ3) is 3.65. The van der Waals surface area contributed by atoms with Crippen molar-refractivity contribution in [2.24, 2.45) is 0 Å². The fraction of sp³-hybridized carbons (Fsp3) is 1.00. The van der Waals surface area contributed by atoms with Gasteiger partial charge >= 0.3 is 37.5 Å². The molecule has 0 saturated heterocycles. The Bertz CT molecular complexity index is 451. The van der Waals surface area contributed by atoms with E-state index in [2.05, 4.69) is 0 Å². The van der Waals surface area contributed by atoms with Gasteiger partial charge in [-0.3, -0.25) is 4.57 Å². The fourth-order valence-electron chi connectivity index (χ4n) is 1.05. The molecule has 0 aromatic heterocycles. The third-order valence-electron chi connectivity index (χ3n) is 2.32. The molecule has 0 atom stereocenters. The largest absolute Gasteiger partial charge is 0.460 e. The first kappa shape index (κ1) is 21.4. The van der Waals surface area contributed by atoms with Gasteiger partial charge in [-0.1, -0.05) is 0 Å². The molecule has 0 fully saturated rings. The Morgan fingerprint density at radius 1 is 0.682 bits per heavy atom. The second-order valence-corrected chi connectivity index (χ2v) is 5.84. The maximum absolute atomic E-state index is 12.9. The van der Waals surface area contributed by atoms with Crippen LogP contribution in [0.25, 0.3) is 0 Å². The lowest BCUT2D eigenvalue weighted by Crippen LogP contribution is -2.66. The van der Waals surface area contributed by atoms with Crippen LogP contribution in [0.2, 0.25) is 0 Å². The average molecular weight is 378 g/mol. The molecule has 0 amide bonds. The molecule has 3 nitrogen and oxygen atoms in total. The van der Waals surface area contributed by atoms with Crippen molar-refractivity contribution in [1.29, 1.82) is 0 Å². The summed E-state index contributed by atoms with van der Waals surface area (Å²) < 4.78 is 147. The average Bonchev–Trinajstić information content (AvgIpc) is 2.23. The summed E-state index contributed by atoms with van der Waals surface area (Å²) in [7, 11) is -5.43. The van der Waals surface area contributed by atoms with E-state index in [0.717, 1.165) is 0 Å². The van der Waals surface area contributed by atoms with E-state index in [0.29, 0.717) is 0 Å². The van der Waals surface area contributed by atoms with Crippen molar-refractivity contribution in [1.82, 2.24) is 0 Å². The topological polar surface area (TPSA) is 57.5 Å². The van der Waals surface area contributed by atoms with Gasteiger partial charge in [0, 0.05) is 6.42 Å². The van der Waals surface area contributed by atoms with Gasteiger partial charge in [0.1, 0.15) is 0 Å². The Balaban J connectivity index is 5.74. The molecule has 0 spiro atoms. The zero-order valence-corrected chi connectivity index (χ0v) is 10.7. The van der Waals surface area contributed by atoms with Gasteiger partial charge in [-0.25, -0.2) is 0 Å². The minimum atomic E-state index is -7.56. The molecule has 0 aliphatic carbocycles. The number of hydrogen-bond donors (Lipinski definition) is 2. The number of rotatable bonds is 6. The van der Waals surface area contributed by atoms with E-state index in [1.165, 1.54) is 0 Å². The van der Waals surface area contributed by atoms with Crippen LogP contribution in [0.15, 0.2) is 0 Å². The van der Waals surface area contributed by atoms with Gasteiger partial charge in [-0.15, -0.1) is 0 Å². The molecule has 0 heterocycles. The van der Waals surface area contributed by atoms with Gasteiger partial charge in [0.05, 0.1) is 6.16 Å². The fourth-order valence-corrected chi connectivity index (χ4v) is 1.62. The highest BCUT2D eigenvalue weighted by atomic mass is 31.2. The van der Waals surface area contributed by atoms with Crippen LogP contribution in [0, 0.1) is 0 Å². The van der Waals surface area contributed by atoms with E-state index < -0.39 is 50.0 Å². The smallest absolute Gasteiger partial charge is 0.324 e. The molecule has 134 valence electrons. The Morgan fingerprint density at radius 3 is 1.32 bits per heavy atom. The van der Waals surface area contributed by atoms with E-state index in [1.807, 2.05) is 0 Å². The van der Waals surface area contributed by atoms with Crippen LogP contribution in [0.3, 0.4) is 0 Å². The molecule has 0 aliphatic rings. The van der Waals surface area contributed by atoms with Gasteiger partial charge < -0.3 is 9.79 Å². The number of halogens is 11. The molecule has 2 N–H and O–H groups in total. The summed E-state index contributed by atoms with van der Waals surface area (Å²) in [6.07, 6.45) is -12.1. The summed E-state index contributed by atoms with van der Waals surface area (Å²) in [6.45, 7) is 0. The molecule has 0 radical (unpaired) electrons. The highest BCUT2D eigenvalue weighted by Gasteiger charge is 2.86. The predicted octanol–water partition coefficient (Wildman–Crippen LogP) is 3.66. The van der Waals surface area contributed by atoms with Crippen LogP contribution in [-0.2, 0) is 4.57 Å². The second kappa shape index (κ2) is 5.48. The van der Waals surface area contributed by atoms with Crippen molar-refractivity contribution in [3.8, 4) is 0 Å². The number of hydrogen-bond acceptors (Lipinski definition) is 1. The Kier molecular flexibility index (Phi) is 5.32. The molecular formula is C7H6F11O3P. The summed E-state index contributed by atoms with van der Waals surface area (Å²) in [5.41, 5.74) is 0. The minimum Gasteiger partial charge on any atom is -0.324 e. The van der Waals surface area contributed by atoms with E-state index >= 15 is 0 Å². The molecular weight excluding hydrogens is 372 g/mol. The highest BCUT2D eigenvalue weighted by Crippen LogP contribution is 2.58. The van der Waals surface area contributed by atoms with E-state index in [4.69, 9.17) is 9.79 Å². The lowest BCUT2D eigenvalue weighted by molar-refractivity contribution is -0.422. The van der Waals surface area contributed by atoms with Crippen LogP contribution in [-0.4, -0.2) is 45.8 Å². The Labute approximate surface area is 114 Å². The summed E-state index contributed by atoms with van der Waals surface area (Å²) in [6, 6.07) is 0.